The SMILES string of the molecule is CCN(CC)CCN(CC)C(=O)Nc1cccc(C)c1C. The number of carbonyl (C=O) groups excluding carboxylic acids is 1. The van der Waals surface area contributed by atoms with Gasteiger partial charge in [-0.1, -0.05) is 26.0 Å². The highest BCUT2D eigenvalue weighted by molar-refractivity contribution is 5.90. The molecule has 1 rings (SSSR count). The van der Waals surface area contributed by atoms with Crippen molar-refractivity contribution in [2.24, 2.45) is 0 Å². The van der Waals surface area contributed by atoms with Gasteiger partial charge in [-0.25, -0.2) is 4.79 Å². The molecule has 1 aromatic rings. The van der Waals surface area contributed by atoms with Crippen molar-refractivity contribution in [2.45, 2.75) is 34.6 Å². The normalized spacial score (nSPS) is 10.8. The van der Waals surface area contributed by atoms with Gasteiger partial charge < -0.3 is 15.1 Å². The molecule has 0 fully saturated rings. The van der Waals surface area contributed by atoms with Crippen molar-refractivity contribution in [1.82, 2.24) is 9.80 Å². The van der Waals surface area contributed by atoms with E-state index >= 15 is 0 Å². The molecule has 1 aromatic carbocycles. The van der Waals surface area contributed by atoms with Gasteiger partial charge in [-0.2, -0.15) is 0 Å². The number of carbonyl (C=O) groups is 1. The maximum Gasteiger partial charge on any atom is 0.321 e. The average molecular weight is 291 g/mol. The first kappa shape index (κ1) is 17.5. The lowest BCUT2D eigenvalue weighted by atomic mass is 10.1. The Morgan fingerprint density at radius 3 is 2.29 bits per heavy atom. The Morgan fingerprint density at radius 2 is 1.71 bits per heavy atom. The van der Waals surface area contributed by atoms with Crippen LogP contribution in [0.1, 0.15) is 31.9 Å². The Morgan fingerprint density at radius 1 is 1.05 bits per heavy atom. The predicted octanol–water partition coefficient (Wildman–Crippen LogP) is 3.50. The predicted molar refractivity (Wildman–Crippen MR) is 90.0 cm³/mol. The molecule has 0 atom stereocenters. The van der Waals surface area contributed by atoms with E-state index in [-0.39, 0.29) is 6.03 Å². The van der Waals surface area contributed by atoms with E-state index in [2.05, 4.69) is 37.1 Å². The maximum absolute atomic E-state index is 12.4. The third kappa shape index (κ3) is 5.05. The summed E-state index contributed by atoms with van der Waals surface area (Å²) in [5, 5.41) is 3.03. The molecule has 0 aromatic heterocycles. The molecule has 0 aliphatic heterocycles. The number of likely N-dealkylation sites (N-methyl/N-ethyl adjacent to an activating group) is 2. The maximum atomic E-state index is 12.4. The zero-order valence-electron chi connectivity index (χ0n) is 14.1. The van der Waals surface area contributed by atoms with Gasteiger partial charge in [0.1, 0.15) is 0 Å². The van der Waals surface area contributed by atoms with E-state index in [9.17, 15) is 4.79 Å². The molecule has 0 bridgehead atoms. The molecule has 0 aliphatic carbocycles. The van der Waals surface area contributed by atoms with Gasteiger partial charge in [0.25, 0.3) is 0 Å². The van der Waals surface area contributed by atoms with Gasteiger partial charge in [-0.05, 0) is 51.1 Å². The van der Waals surface area contributed by atoms with E-state index < -0.39 is 0 Å². The lowest BCUT2D eigenvalue weighted by molar-refractivity contribution is 0.200. The summed E-state index contributed by atoms with van der Waals surface area (Å²) in [6.45, 7) is 14.9. The van der Waals surface area contributed by atoms with E-state index in [1.54, 1.807) is 0 Å². The van der Waals surface area contributed by atoms with Gasteiger partial charge in [0.15, 0.2) is 0 Å². The average Bonchev–Trinajstić information content (AvgIpc) is 2.48. The van der Waals surface area contributed by atoms with Crippen LogP contribution in [-0.4, -0.2) is 48.6 Å². The summed E-state index contributed by atoms with van der Waals surface area (Å²) < 4.78 is 0. The number of hydrogen-bond acceptors (Lipinski definition) is 2. The van der Waals surface area contributed by atoms with Gasteiger partial charge in [0, 0.05) is 25.3 Å². The summed E-state index contributed by atoms with van der Waals surface area (Å²) in [4.78, 5) is 16.6. The highest BCUT2D eigenvalue weighted by Crippen LogP contribution is 2.18. The summed E-state index contributed by atoms with van der Waals surface area (Å²) in [5.41, 5.74) is 3.23. The quantitative estimate of drug-likeness (QED) is 0.834. The first-order valence-electron chi connectivity index (χ1n) is 7.87. The van der Waals surface area contributed by atoms with Crippen molar-refractivity contribution < 1.29 is 4.79 Å². The number of nitrogens with zero attached hydrogens (tertiary/aromatic N) is 2. The fourth-order valence-electron chi connectivity index (χ4n) is 2.29. The number of anilines is 1. The minimum atomic E-state index is -0.0154. The van der Waals surface area contributed by atoms with E-state index in [0.717, 1.165) is 44.0 Å². The molecule has 0 spiro atoms. The standard InChI is InChI=1S/C17H29N3O/c1-6-19(7-2)12-13-20(8-3)17(21)18-16-11-9-10-14(4)15(16)5/h9-11H,6-8,12-13H2,1-5H3,(H,18,21). The molecule has 0 saturated heterocycles. The van der Waals surface area contributed by atoms with Crippen molar-refractivity contribution in [1.29, 1.82) is 0 Å². The highest BCUT2D eigenvalue weighted by atomic mass is 16.2. The molecule has 0 saturated carbocycles. The zero-order chi connectivity index (χ0) is 15.8. The van der Waals surface area contributed by atoms with Crippen LogP contribution >= 0.6 is 0 Å². The van der Waals surface area contributed by atoms with Crippen molar-refractivity contribution in [3.8, 4) is 0 Å². The Labute approximate surface area is 129 Å². The second-order valence-corrected chi connectivity index (χ2v) is 5.28. The van der Waals surface area contributed by atoms with Gasteiger partial charge in [-0.15, -0.1) is 0 Å². The number of benzene rings is 1. The van der Waals surface area contributed by atoms with Gasteiger partial charge in [0.2, 0.25) is 0 Å². The van der Waals surface area contributed by atoms with E-state index in [1.807, 2.05) is 30.9 Å². The van der Waals surface area contributed by atoms with Gasteiger partial charge >= 0.3 is 6.03 Å². The molecule has 0 unspecified atom stereocenters. The molecular formula is C17H29N3O. The summed E-state index contributed by atoms with van der Waals surface area (Å²) in [6, 6.07) is 5.98. The summed E-state index contributed by atoms with van der Waals surface area (Å²) in [7, 11) is 0. The van der Waals surface area contributed by atoms with Crippen molar-refractivity contribution in [3.63, 3.8) is 0 Å². The first-order chi connectivity index (χ1) is 10.0. The molecule has 118 valence electrons. The fraction of sp³-hybridized carbons (Fsp3) is 0.588. The summed E-state index contributed by atoms with van der Waals surface area (Å²) >= 11 is 0. The number of aryl methyl sites for hydroxylation is 1. The molecule has 4 heteroatoms. The number of rotatable bonds is 7. The molecule has 4 nitrogen and oxygen atoms in total. The van der Waals surface area contributed by atoms with Crippen molar-refractivity contribution in [2.75, 3.05) is 38.0 Å². The third-order valence-corrected chi connectivity index (χ3v) is 4.10. The third-order valence-electron chi connectivity index (χ3n) is 4.10. The Bertz CT molecular complexity index is 455. The number of hydrogen-bond donors (Lipinski definition) is 1. The largest absolute Gasteiger partial charge is 0.324 e. The highest BCUT2D eigenvalue weighted by Gasteiger charge is 2.13. The Hall–Kier alpha value is -1.55. The molecule has 0 heterocycles. The molecule has 2 amide bonds. The van der Waals surface area contributed by atoms with E-state index in [1.165, 1.54) is 5.56 Å². The monoisotopic (exact) mass is 291 g/mol. The fourth-order valence-corrected chi connectivity index (χ4v) is 2.29. The van der Waals surface area contributed by atoms with Crippen LogP contribution in [0.2, 0.25) is 0 Å². The Balaban J connectivity index is 2.64. The smallest absolute Gasteiger partial charge is 0.321 e. The van der Waals surface area contributed by atoms with Gasteiger partial charge in [-0.3, -0.25) is 0 Å². The van der Waals surface area contributed by atoms with Crippen LogP contribution in [0.3, 0.4) is 0 Å². The lowest BCUT2D eigenvalue weighted by Crippen LogP contribution is -2.40. The van der Waals surface area contributed by atoms with Crippen molar-refractivity contribution in [3.05, 3.63) is 29.3 Å². The van der Waals surface area contributed by atoms with Crippen LogP contribution in [0, 0.1) is 13.8 Å². The first-order valence-corrected chi connectivity index (χ1v) is 7.87. The zero-order valence-corrected chi connectivity index (χ0v) is 14.1. The number of amides is 2. The van der Waals surface area contributed by atoms with Crippen LogP contribution in [0.5, 0.6) is 0 Å². The minimum Gasteiger partial charge on any atom is -0.324 e. The van der Waals surface area contributed by atoms with Gasteiger partial charge in [0.05, 0.1) is 0 Å². The summed E-state index contributed by atoms with van der Waals surface area (Å²) in [6.07, 6.45) is 0. The van der Waals surface area contributed by atoms with Crippen LogP contribution in [0.15, 0.2) is 18.2 Å². The van der Waals surface area contributed by atoms with Crippen LogP contribution in [0.25, 0.3) is 0 Å². The molecule has 1 N–H and O–H groups in total. The minimum absolute atomic E-state index is 0.0154. The van der Waals surface area contributed by atoms with Crippen LogP contribution < -0.4 is 5.32 Å². The van der Waals surface area contributed by atoms with E-state index in [0.29, 0.717) is 0 Å². The van der Waals surface area contributed by atoms with Crippen molar-refractivity contribution >= 4 is 11.7 Å². The molecule has 0 radical (unpaired) electrons. The second kappa shape index (κ2) is 8.67. The van der Waals surface area contributed by atoms with Crippen LogP contribution in [-0.2, 0) is 0 Å². The second-order valence-electron chi connectivity index (χ2n) is 5.28. The Kier molecular flexibility index (Phi) is 7.23. The number of nitrogens with one attached hydrogen (secondary N) is 1. The molecular weight excluding hydrogens is 262 g/mol. The van der Waals surface area contributed by atoms with Crippen LogP contribution in [0.4, 0.5) is 10.5 Å². The summed E-state index contributed by atoms with van der Waals surface area (Å²) in [5.74, 6) is 0. The van der Waals surface area contributed by atoms with E-state index in [4.69, 9.17) is 0 Å². The molecule has 21 heavy (non-hydrogen) atoms. The molecule has 0 aliphatic rings. The topological polar surface area (TPSA) is 35.6 Å². The number of urea groups is 1. The lowest BCUT2D eigenvalue weighted by Gasteiger charge is -2.26.